The molecule has 0 radical (unpaired) electrons. The first-order chi connectivity index (χ1) is 18.5. The van der Waals surface area contributed by atoms with Crippen LogP contribution in [0.5, 0.6) is 17.2 Å². The summed E-state index contributed by atoms with van der Waals surface area (Å²) in [6.45, 7) is 2.27. The zero-order valence-electron chi connectivity index (χ0n) is 20.7. The predicted molar refractivity (Wildman–Crippen MR) is 148 cm³/mol. The van der Waals surface area contributed by atoms with Crippen LogP contribution in [0, 0.1) is 0 Å². The van der Waals surface area contributed by atoms with Crippen molar-refractivity contribution < 1.29 is 23.8 Å². The summed E-state index contributed by atoms with van der Waals surface area (Å²) in [6.07, 6.45) is -0.760. The van der Waals surface area contributed by atoms with E-state index in [1.165, 1.54) is 0 Å². The van der Waals surface area contributed by atoms with Gasteiger partial charge in [-0.25, -0.2) is 0 Å². The van der Waals surface area contributed by atoms with Crippen molar-refractivity contribution in [3.63, 3.8) is 0 Å². The van der Waals surface area contributed by atoms with Crippen LogP contribution in [-0.2, 0) is 4.79 Å². The minimum atomic E-state index is -0.760. The Morgan fingerprint density at radius 1 is 0.711 bits per heavy atom. The highest BCUT2D eigenvalue weighted by Crippen LogP contribution is 2.25. The summed E-state index contributed by atoms with van der Waals surface area (Å²) < 4.78 is 17.1. The molecular formula is C30H27ClN2O5. The molecular weight excluding hydrogens is 504 g/mol. The highest BCUT2D eigenvalue weighted by molar-refractivity contribution is 6.32. The first-order valence-electron chi connectivity index (χ1n) is 12.0. The highest BCUT2D eigenvalue weighted by Gasteiger charge is 2.17. The summed E-state index contributed by atoms with van der Waals surface area (Å²) in [5.74, 6) is 0.998. The fourth-order valence-electron chi connectivity index (χ4n) is 3.47. The fourth-order valence-corrected chi connectivity index (χ4v) is 3.65. The number of hydrogen-bond acceptors (Lipinski definition) is 5. The molecule has 0 aliphatic carbocycles. The van der Waals surface area contributed by atoms with Gasteiger partial charge in [-0.2, -0.15) is 0 Å². The molecule has 2 amide bonds. The smallest absolute Gasteiger partial charge is 0.265 e. The number of hydrogen-bond donors (Lipinski definition) is 2. The molecule has 0 bridgehead atoms. The van der Waals surface area contributed by atoms with Gasteiger partial charge in [-0.15, -0.1) is 0 Å². The van der Waals surface area contributed by atoms with E-state index in [9.17, 15) is 9.59 Å². The van der Waals surface area contributed by atoms with E-state index in [2.05, 4.69) is 10.6 Å². The number of para-hydroxylation sites is 3. The molecule has 1 atom stereocenters. The topological polar surface area (TPSA) is 85.9 Å². The molecule has 0 heterocycles. The Morgan fingerprint density at radius 3 is 2.00 bits per heavy atom. The van der Waals surface area contributed by atoms with Crippen molar-refractivity contribution in [2.75, 3.05) is 23.8 Å². The van der Waals surface area contributed by atoms with Crippen molar-refractivity contribution in [3.05, 3.63) is 114 Å². The number of carbonyl (C=O) groups is 2. The van der Waals surface area contributed by atoms with Crippen molar-refractivity contribution in [1.82, 2.24) is 0 Å². The minimum absolute atomic E-state index is 0.284. The predicted octanol–water partition coefficient (Wildman–Crippen LogP) is 6.46. The van der Waals surface area contributed by atoms with Crippen LogP contribution in [0.2, 0.25) is 5.02 Å². The first-order valence-corrected chi connectivity index (χ1v) is 12.4. The van der Waals surface area contributed by atoms with E-state index in [0.29, 0.717) is 40.1 Å². The number of nitrogens with one attached hydrogen (secondary N) is 2. The quantitative estimate of drug-likeness (QED) is 0.217. The second kappa shape index (κ2) is 13.2. The second-order valence-electron chi connectivity index (χ2n) is 8.22. The fraction of sp³-hybridized carbons (Fsp3) is 0.133. The van der Waals surface area contributed by atoms with Crippen LogP contribution in [-0.4, -0.2) is 31.1 Å². The standard InChI is InChI=1S/C30H27ClN2O5/c1-21(38-28-14-8-6-12-26(28)31)29(34)32-22-15-17-23(18-16-22)33-30(35)25-11-5-7-13-27(25)37-20-19-36-24-9-3-2-4-10-24/h2-18,21H,19-20H2,1H3,(H,32,34)(H,33,35). The third-order valence-electron chi connectivity index (χ3n) is 5.40. The van der Waals surface area contributed by atoms with Crippen LogP contribution in [0.1, 0.15) is 17.3 Å². The van der Waals surface area contributed by atoms with E-state index in [-0.39, 0.29) is 18.4 Å². The summed E-state index contributed by atoms with van der Waals surface area (Å²) >= 11 is 6.10. The van der Waals surface area contributed by atoms with E-state index >= 15 is 0 Å². The second-order valence-corrected chi connectivity index (χ2v) is 8.62. The Balaban J connectivity index is 1.29. The maximum absolute atomic E-state index is 12.9. The molecule has 0 aliphatic heterocycles. The van der Waals surface area contributed by atoms with Crippen LogP contribution in [0.3, 0.4) is 0 Å². The molecule has 0 fully saturated rings. The van der Waals surface area contributed by atoms with Gasteiger partial charge in [-0.05, 0) is 67.6 Å². The number of carbonyl (C=O) groups excluding carboxylic acids is 2. The van der Waals surface area contributed by atoms with Gasteiger partial charge in [0.15, 0.2) is 6.10 Å². The van der Waals surface area contributed by atoms with Gasteiger partial charge in [0.2, 0.25) is 0 Å². The van der Waals surface area contributed by atoms with E-state index in [4.69, 9.17) is 25.8 Å². The lowest BCUT2D eigenvalue weighted by atomic mass is 10.1. The molecule has 4 aromatic rings. The van der Waals surface area contributed by atoms with Crippen molar-refractivity contribution in [2.24, 2.45) is 0 Å². The van der Waals surface area contributed by atoms with Gasteiger partial charge in [0.25, 0.3) is 11.8 Å². The van der Waals surface area contributed by atoms with Gasteiger partial charge < -0.3 is 24.8 Å². The highest BCUT2D eigenvalue weighted by atomic mass is 35.5. The van der Waals surface area contributed by atoms with Crippen LogP contribution >= 0.6 is 11.6 Å². The molecule has 4 aromatic carbocycles. The normalized spacial score (nSPS) is 11.2. The Morgan fingerprint density at radius 2 is 1.29 bits per heavy atom. The molecule has 4 rings (SSSR count). The molecule has 0 aromatic heterocycles. The minimum Gasteiger partial charge on any atom is -0.490 e. The molecule has 194 valence electrons. The maximum Gasteiger partial charge on any atom is 0.265 e. The van der Waals surface area contributed by atoms with Crippen LogP contribution in [0.25, 0.3) is 0 Å². The van der Waals surface area contributed by atoms with Gasteiger partial charge in [-0.3, -0.25) is 9.59 Å². The zero-order chi connectivity index (χ0) is 26.7. The Hall–Kier alpha value is -4.49. The largest absolute Gasteiger partial charge is 0.490 e. The molecule has 0 saturated carbocycles. The molecule has 0 spiro atoms. The number of benzene rings is 4. The summed E-state index contributed by atoms with van der Waals surface area (Å²) in [5.41, 5.74) is 1.52. The summed E-state index contributed by atoms with van der Waals surface area (Å²) in [4.78, 5) is 25.5. The number of amides is 2. The van der Waals surface area contributed by atoms with Crippen LogP contribution in [0.4, 0.5) is 11.4 Å². The zero-order valence-corrected chi connectivity index (χ0v) is 21.5. The van der Waals surface area contributed by atoms with Crippen molar-refractivity contribution in [3.8, 4) is 17.2 Å². The molecule has 38 heavy (non-hydrogen) atoms. The molecule has 8 heteroatoms. The lowest BCUT2D eigenvalue weighted by molar-refractivity contribution is -0.122. The molecule has 0 saturated heterocycles. The van der Waals surface area contributed by atoms with Gasteiger partial charge in [0.05, 0.1) is 10.6 Å². The first kappa shape index (κ1) is 26.6. The molecule has 0 aliphatic rings. The summed E-state index contributed by atoms with van der Waals surface area (Å²) in [5, 5.41) is 6.08. The van der Waals surface area contributed by atoms with Gasteiger partial charge in [0, 0.05) is 11.4 Å². The lowest BCUT2D eigenvalue weighted by Gasteiger charge is -2.16. The third-order valence-corrected chi connectivity index (χ3v) is 5.72. The van der Waals surface area contributed by atoms with Gasteiger partial charge >= 0.3 is 0 Å². The average Bonchev–Trinajstić information content (AvgIpc) is 2.94. The average molecular weight is 531 g/mol. The van der Waals surface area contributed by atoms with Crippen LogP contribution < -0.4 is 24.8 Å². The molecule has 7 nitrogen and oxygen atoms in total. The van der Waals surface area contributed by atoms with E-state index < -0.39 is 6.10 Å². The van der Waals surface area contributed by atoms with Gasteiger partial charge in [0.1, 0.15) is 30.5 Å². The SMILES string of the molecule is CC(Oc1ccccc1Cl)C(=O)Nc1ccc(NC(=O)c2ccccc2OCCOc2ccccc2)cc1. The van der Waals surface area contributed by atoms with E-state index in [1.807, 2.05) is 30.3 Å². The number of halogens is 1. The molecule has 1 unspecified atom stereocenters. The third kappa shape index (κ3) is 7.51. The van der Waals surface area contributed by atoms with E-state index in [0.717, 1.165) is 5.75 Å². The monoisotopic (exact) mass is 530 g/mol. The number of ether oxygens (including phenoxy) is 3. The number of anilines is 2. The lowest BCUT2D eigenvalue weighted by Crippen LogP contribution is -2.30. The van der Waals surface area contributed by atoms with E-state index in [1.54, 1.807) is 79.7 Å². The number of rotatable bonds is 11. The molecule has 2 N–H and O–H groups in total. The van der Waals surface area contributed by atoms with Crippen molar-refractivity contribution in [2.45, 2.75) is 13.0 Å². The van der Waals surface area contributed by atoms with Gasteiger partial charge in [-0.1, -0.05) is 54.1 Å². The Labute approximate surface area is 226 Å². The Bertz CT molecular complexity index is 1360. The summed E-state index contributed by atoms with van der Waals surface area (Å²) in [6, 6.07) is 30.2. The van der Waals surface area contributed by atoms with Crippen molar-refractivity contribution >= 4 is 34.8 Å². The van der Waals surface area contributed by atoms with Crippen LogP contribution in [0.15, 0.2) is 103 Å². The summed E-state index contributed by atoms with van der Waals surface area (Å²) in [7, 11) is 0. The maximum atomic E-state index is 12.9. The van der Waals surface area contributed by atoms with Crippen molar-refractivity contribution in [1.29, 1.82) is 0 Å². The Kier molecular flexibility index (Phi) is 9.21.